The van der Waals surface area contributed by atoms with Gasteiger partial charge in [-0.15, -0.1) is 0 Å². The molecule has 0 aliphatic carbocycles. The molecule has 1 aliphatic rings. The fraction of sp³-hybridized carbons (Fsp3) is 0.400. The molecule has 118 valence electrons. The number of hydrogen-bond acceptors (Lipinski definition) is 4. The van der Waals surface area contributed by atoms with E-state index in [-0.39, 0.29) is 24.1 Å². The molecule has 6 nitrogen and oxygen atoms in total. The first-order chi connectivity index (χ1) is 10.5. The molecule has 7 heteroatoms. The molecule has 0 aromatic heterocycles. The van der Waals surface area contributed by atoms with Gasteiger partial charge in [-0.05, 0) is 44.0 Å². The molecule has 1 heterocycles. The third kappa shape index (κ3) is 4.92. The van der Waals surface area contributed by atoms with Gasteiger partial charge in [0.05, 0.1) is 6.42 Å². The number of nitrogens with zero attached hydrogens (tertiary/aromatic N) is 1. The van der Waals surface area contributed by atoms with E-state index in [9.17, 15) is 14.0 Å². The highest BCUT2D eigenvalue weighted by molar-refractivity contribution is 6.05. The van der Waals surface area contributed by atoms with Gasteiger partial charge in [-0.3, -0.25) is 9.59 Å². The van der Waals surface area contributed by atoms with Crippen LogP contribution in [0.15, 0.2) is 29.4 Å². The number of anilines is 1. The van der Waals surface area contributed by atoms with Crippen molar-refractivity contribution in [3.63, 3.8) is 0 Å². The van der Waals surface area contributed by atoms with Crippen LogP contribution >= 0.6 is 0 Å². The Labute approximate surface area is 127 Å². The monoisotopic (exact) mass is 307 g/mol. The molecule has 2 amide bonds. The van der Waals surface area contributed by atoms with Gasteiger partial charge < -0.3 is 10.1 Å². The summed E-state index contributed by atoms with van der Waals surface area (Å²) in [6, 6.07) is 5.47. The zero-order valence-corrected chi connectivity index (χ0v) is 12.3. The highest BCUT2D eigenvalue weighted by Crippen LogP contribution is 2.11. The average Bonchev–Trinajstić information content (AvgIpc) is 3.01. The first-order valence-electron chi connectivity index (χ1n) is 7.04. The SMILES string of the molecule is CC(CC(=O)Nc1ccc(F)cc1)=NNC(=O)C1CCCO1. The minimum Gasteiger partial charge on any atom is -0.368 e. The van der Waals surface area contributed by atoms with Crippen LogP contribution in [0.3, 0.4) is 0 Å². The number of nitrogens with one attached hydrogen (secondary N) is 2. The molecule has 1 saturated heterocycles. The Kier molecular flexibility index (Phi) is 5.60. The number of halogens is 1. The standard InChI is InChI=1S/C15H18FN3O3/c1-10(18-19-15(21)13-3-2-8-22-13)9-14(20)17-12-6-4-11(16)5-7-12/h4-7,13H,2-3,8-9H2,1H3,(H,17,20)(H,19,21). The summed E-state index contributed by atoms with van der Waals surface area (Å²) in [5.41, 5.74) is 3.36. The molecule has 1 aromatic rings. The maximum absolute atomic E-state index is 12.8. The number of ether oxygens (including phenoxy) is 1. The van der Waals surface area contributed by atoms with Crippen LogP contribution < -0.4 is 10.7 Å². The van der Waals surface area contributed by atoms with Gasteiger partial charge in [-0.25, -0.2) is 9.82 Å². The number of benzene rings is 1. The van der Waals surface area contributed by atoms with Crippen LogP contribution in [0, 0.1) is 5.82 Å². The van der Waals surface area contributed by atoms with Gasteiger partial charge in [0.15, 0.2) is 0 Å². The molecule has 22 heavy (non-hydrogen) atoms. The lowest BCUT2D eigenvalue weighted by molar-refractivity contribution is -0.130. The number of carbonyl (C=O) groups excluding carboxylic acids is 2. The molecule has 2 N–H and O–H groups in total. The van der Waals surface area contributed by atoms with E-state index in [0.29, 0.717) is 24.4 Å². The van der Waals surface area contributed by atoms with Gasteiger partial charge in [0.1, 0.15) is 11.9 Å². The molecule has 0 bridgehead atoms. The summed E-state index contributed by atoms with van der Waals surface area (Å²) >= 11 is 0. The molecule has 2 rings (SSSR count). The van der Waals surface area contributed by atoms with Crippen LogP contribution in [0.5, 0.6) is 0 Å². The second-order valence-electron chi connectivity index (χ2n) is 5.06. The largest absolute Gasteiger partial charge is 0.368 e. The molecule has 1 unspecified atom stereocenters. The van der Waals surface area contributed by atoms with Gasteiger partial charge in [-0.1, -0.05) is 0 Å². The zero-order valence-electron chi connectivity index (χ0n) is 12.3. The second kappa shape index (κ2) is 7.65. The Morgan fingerprint density at radius 2 is 2.09 bits per heavy atom. The smallest absolute Gasteiger partial charge is 0.269 e. The van der Waals surface area contributed by atoms with Crippen molar-refractivity contribution in [1.82, 2.24) is 5.43 Å². The van der Waals surface area contributed by atoms with E-state index in [1.54, 1.807) is 6.92 Å². The lowest BCUT2D eigenvalue weighted by atomic mass is 10.2. The summed E-state index contributed by atoms with van der Waals surface area (Å²) in [4.78, 5) is 23.5. The number of hydrogen-bond donors (Lipinski definition) is 2. The lowest BCUT2D eigenvalue weighted by Crippen LogP contribution is -2.31. The normalized spacial score (nSPS) is 18.1. The van der Waals surface area contributed by atoms with Crippen molar-refractivity contribution in [3.05, 3.63) is 30.1 Å². The van der Waals surface area contributed by atoms with Crippen LogP contribution in [-0.2, 0) is 14.3 Å². The molecule has 1 aliphatic heterocycles. The summed E-state index contributed by atoms with van der Waals surface area (Å²) in [5, 5.41) is 6.50. The number of rotatable bonds is 5. The van der Waals surface area contributed by atoms with Crippen molar-refractivity contribution in [2.75, 3.05) is 11.9 Å². The van der Waals surface area contributed by atoms with E-state index in [0.717, 1.165) is 6.42 Å². The van der Waals surface area contributed by atoms with Gasteiger partial charge >= 0.3 is 0 Å². The van der Waals surface area contributed by atoms with Crippen LogP contribution in [0.25, 0.3) is 0 Å². The fourth-order valence-corrected chi connectivity index (χ4v) is 2.02. The van der Waals surface area contributed by atoms with Gasteiger partial charge in [-0.2, -0.15) is 5.10 Å². The Morgan fingerprint density at radius 1 is 1.36 bits per heavy atom. The zero-order chi connectivity index (χ0) is 15.9. The van der Waals surface area contributed by atoms with E-state index in [1.165, 1.54) is 24.3 Å². The summed E-state index contributed by atoms with van der Waals surface area (Å²) in [6.07, 6.45) is 1.12. The maximum Gasteiger partial charge on any atom is 0.269 e. The van der Waals surface area contributed by atoms with Crippen LogP contribution in [0.4, 0.5) is 10.1 Å². The Hall–Kier alpha value is -2.28. The Balaban J connectivity index is 1.78. The molecule has 1 aromatic carbocycles. The van der Waals surface area contributed by atoms with Crippen molar-refractivity contribution in [2.45, 2.75) is 32.3 Å². The third-order valence-corrected chi connectivity index (χ3v) is 3.12. The van der Waals surface area contributed by atoms with Crippen LogP contribution in [0.1, 0.15) is 26.2 Å². The topological polar surface area (TPSA) is 79.8 Å². The fourth-order valence-electron chi connectivity index (χ4n) is 2.02. The summed E-state index contributed by atoms with van der Waals surface area (Å²) in [5.74, 6) is -0.956. The number of amides is 2. The molecular formula is C15H18FN3O3. The third-order valence-electron chi connectivity index (χ3n) is 3.12. The van der Waals surface area contributed by atoms with Crippen LogP contribution in [0.2, 0.25) is 0 Å². The lowest BCUT2D eigenvalue weighted by Gasteiger charge is -2.08. The van der Waals surface area contributed by atoms with Crippen LogP contribution in [-0.4, -0.2) is 30.2 Å². The average molecular weight is 307 g/mol. The Bertz CT molecular complexity index is 566. The predicted octanol–water partition coefficient (Wildman–Crippen LogP) is 1.83. The van der Waals surface area contributed by atoms with Crippen molar-refractivity contribution in [3.8, 4) is 0 Å². The molecule has 0 spiro atoms. The van der Waals surface area contributed by atoms with E-state index in [4.69, 9.17) is 4.74 Å². The van der Waals surface area contributed by atoms with Gasteiger partial charge in [0, 0.05) is 18.0 Å². The van der Waals surface area contributed by atoms with E-state index >= 15 is 0 Å². The maximum atomic E-state index is 12.8. The van der Waals surface area contributed by atoms with Gasteiger partial charge in [0.25, 0.3) is 5.91 Å². The molecule has 1 atom stereocenters. The van der Waals surface area contributed by atoms with Crippen molar-refractivity contribution in [2.24, 2.45) is 5.10 Å². The van der Waals surface area contributed by atoms with E-state index < -0.39 is 6.10 Å². The second-order valence-corrected chi connectivity index (χ2v) is 5.06. The van der Waals surface area contributed by atoms with E-state index in [2.05, 4.69) is 15.8 Å². The first kappa shape index (κ1) is 16.1. The van der Waals surface area contributed by atoms with E-state index in [1.807, 2.05) is 0 Å². The van der Waals surface area contributed by atoms with Crippen molar-refractivity contribution in [1.29, 1.82) is 0 Å². The summed E-state index contributed by atoms with van der Waals surface area (Å²) < 4.78 is 18.0. The highest BCUT2D eigenvalue weighted by atomic mass is 19.1. The minimum absolute atomic E-state index is 0.0309. The molecule has 1 fully saturated rings. The summed E-state index contributed by atoms with van der Waals surface area (Å²) in [7, 11) is 0. The molecular weight excluding hydrogens is 289 g/mol. The molecule has 0 saturated carbocycles. The van der Waals surface area contributed by atoms with Crippen molar-refractivity contribution < 1.29 is 18.7 Å². The van der Waals surface area contributed by atoms with Crippen molar-refractivity contribution >= 4 is 23.2 Å². The quantitative estimate of drug-likeness (QED) is 0.643. The highest BCUT2D eigenvalue weighted by Gasteiger charge is 2.23. The number of hydrazone groups is 1. The number of carbonyl (C=O) groups is 2. The first-order valence-corrected chi connectivity index (χ1v) is 7.04. The summed E-state index contributed by atoms with van der Waals surface area (Å²) in [6.45, 7) is 2.22. The van der Waals surface area contributed by atoms with Gasteiger partial charge in [0.2, 0.25) is 5.91 Å². The minimum atomic E-state index is -0.454. The Morgan fingerprint density at radius 3 is 2.73 bits per heavy atom. The molecule has 0 radical (unpaired) electrons. The predicted molar refractivity (Wildman–Crippen MR) is 79.9 cm³/mol.